The van der Waals surface area contributed by atoms with Gasteiger partial charge in [0.15, 0.2) is 0 Å². The average molecular weight is 522 g/mol. The quantitative estimate of drug-likeness (QED) is 0.183. The SMILES string of the molecule is CCOC(=O)c1c(-c2ccc(OC)cc2)c2cc(OCc3ccccc3)ccc2n1Cc1cccc(OC)c1. The van der Waals surface area contributed by atoms with Crippen molar-refractivity contribution in [3.8, 4) is 28.4 Å². The molecule has 0 atom stereocenters. The van der Waals surface area contributed by atoms with Crippen LogP contribution in [0.4, 0.5) is 0 Å². The van der Waals surface area contributed by atoms with E-state index in [0.717, 1.165) is 50.4 Å². The van der Waals surface area contributed by atoms with Crippen molar-refractivity contribution in [1.82, 2.24) is 4.57 Å². The molecule has 4 aromatic carbocycles. The summed E-state index contributed by atoms with van der Waals surface area (Å²) in [5, 5.41) is 0.900. The molecular weight excluding hydrogens is 490 g/mol. The highest BCUT2D eigenvalue weighted by atomic mass is 16.5. The number of aromatic nitrogens is 1. The highest BCUT2D eigenvalue weighted by Gasteiger charge is 2.26. The maximum absolute atomic E-state index is 13.5. The molecule has 0 amide bonds. The summed E-state index contributed by atoms with van der Waals surface area (Å²) in [7, 11) is 3.28. The third-order valence-corrected chi connectivity index (χ3v) is 6.61. The highest BCUT2D eigenvalue weighted by molar-refractivity contribution is 6.09. The van der Waals surface area contributed by atoms with Gasteiger partial charge in [-0.15, -0.1) is 0 Å². The van der Waals surface area contributed by atoms with Crippen molar-refractivity contribution >= 4 is 16.9 Å². The van der Waals surface area contributed by atoms with Crippen LogP contribution in [-0.2, 0) is 17.9 Å². The number of hydrogen-bond donors (Lipinski definition) is 0. The fourth-order valence-corrected chi connectivity index (χ4v) is 4.74. The van der Waals surface area contributed by atoms with Crippen molar-refractivity contribution in [1.29, 1.82) is 0 Å². The van der Waals surface area contributed by atoms with Crippen molar-refractivity contribution in [3.05, 3.63) is 114 Å². The summed E-state index contributed by atoms with van der Waals surface area (Å²) in [5.41, 5.74) is 5.14. The second-order valence-electron chi connectivity index (χ2n) is 9.06. The van der Waals surface area contributed by atoms with Gasteiger partial charge in [0, 0.05) is 23.0 Å². The Kier molecular flexibility index (Phi) is 7.83. The summed E-state index contributed by atoms with van der Waals surface area (Å²) in [6.45, 7) is 2.99. The molecule has 39 heavy (non-hydrogen) atoms. The van der Waals surface area contributed by atoms with E-state index < -0.39 is 0 Å². The predicted octanol–water partition coefficient (Wildman–Crippen LogP) is 7.13. The van der Waals surface area contributed by atoms with E-state index in [4.69, 9.17) is 18.9 Å². The summed E-state index contributed by atoms with van der Waals surface area (Å²) in [4.78, 5) is 13.5. The van der Waals surface area contributed by atoms with E-state index >= 15 is 0 Å². The summed E-state index contributed by atoms with van der Waals surface area (Å²) >= 11 is 0. The summed E-state index contributed by atoms with van der Waals surface area (Å²) in [6.07, 6.45) is 0. The molecule has 5 aromatic rings. The van der Waals surface area contributed by atoms with Crippen molar-refractivity contribution in [3.63, 3.8) is 0 Å². The van der Waals surface area contributed by atoms with Gasteiger partial charge in [-0.3, -0.25) is 0 Å². The Balaban J connectivity index is 1.68. The standard InChI is InChI=1S/C33H31NO5/c1-4-38-33(35)32-31(25-13-15-26(36-2)16-14-25)29-20-28(39-22-23-9-6-5-7-10-23)17-18-30(29)34(32)21-24-11-8-12-27(19-24)37-3/h5-20H,4,21-22H2,1-3H3. The van der Waals surface area contributed by atoms with Crippen molar-refractivity contribution < 1.29 is 23.7 Å². The second-order valence-corrected chi connectivity index (χ2v) is 9.06. The number of hydrogen-bond acceptors (Lipinski definition) is 5. The second kappa shape index (κ2) is 11.8. The normalized spacial score (nSPS) is 10.8. The molecule has 0 aliphatic carbocycles. The maximum Gasteiger partial charge on any atom is 0.355 e. The van der Waals surface area contributed by atoms with E-state index in [2.05, 4.69) is 0 Å². The Labute approximate surface area is 228 Å². The van der Waals surface area contributed by atoms with Gasteiger partial charge in [0.1, 0.15) is 29.5 Å². The number of rotatable bonds is 10. The van der Waals surface area contributed by atoms with Crippen LogP contribution in [0.25, 0.3) is 22.0 Å². The molecule has 6 nitrogen and oxygen atoms in total. The number of fused-ring (bicyclic) bond motifs is 1. The van der Waals surface area contributed by atoms with Crippen molar-refractivity contribution in [2.45, 2.75) is 20.1 Å². The summed E-state index contributed by atoms with van der Waals surface area (Å²) in [5.74, 6) is 1.83. The molecule has 0 aliphatic heterocycles. The minimum Gasteiger partial charge on any atom is -0.497 e. The van der Waals surface area contributed by atoms with Crippen molar-refractivity contribution in [2.75, 3.05) is 20.8 Å². The van der Waals surface area contributed by atoms with Crippen LogP contribution in [0.5, 0.6) is 17.2 Å². The lowest BCUT2D eigenvalue weighted by atomic mass is 10.0. The zero-order valence-electron chi connectivity index (χ0n) is 22.3. The third kappa shape index (κ3) is 5.60. The van der Waals surface area contributed by atoms with E-state index in [0.29, 0.717) is 18.8 Å². The Bertz CT molecular complexity index is 1570. The summed E-state index contributed by atoms with van der Waals surface area (Å²) in [6, 6.07) is 31.6. The molecule has 1 aromatic heterocycles. The topological polar surface area (TPSA) is 58.9 Å². The highest BCUT2D eigenvalue weighted by Crippen LogP contribution is 2.39. The van der Waals surface area contributed by atoms with Gasteiger partial charge in [-0.25, -0.2) is 4.79 Å². The minimum absolute atomic E-state index is 0.271. The van der Waals surface area contributed by atoms with Crippen LogP contribution in [0.3, 0.4) is 0 Å². The fraction of sp³-hybridized carbons (Fsp3) is 0.182. The van der Waals surface area contributed by atoms with Gasteiger partial charge in [-0.1, -0.05) is 54.6 Å². The van der Waals surface area contributed by atoms with Gasteiger partial charge >= 0.3 is 5.97 Å². The lowest BCUT2D eigenvalue weighted by molar-refractivity contribution is 0.0516. The number of benzene rings is 4. The van der Waals surface area contributed by atoms with Gasteiger partial charge in [0.25, 0.3) is 0 Å². The first-order chi connectivity index (χ1) is 19.1. The number of methoxy groups -OCH3 is 2. The molecule has 0 spiro atoms. The number of nitrogens with zero attached hydrogens (tertiary/aromatic N) is 1. The molecular formula is C33H31NO5. The zero-order chi connectivity index (χ0) is 27.2. The fourth-order valence-electron chi connectivity index (χ4n) is 4.74. The van der Waals surface area contributed by atoms with E-state index in [1.165, 1.54) is 0 Å². The average Bonchev–Trinajstić information content (AvgIpc) is 3.30. The third-order valence-electron chi connectivity index (χ3n) is 6.61. The largest absolute Gasteiger partial charge is 0.497 e. The van der Waals surface area contributed by atoms with Crippen LogP contribution < -0.4 is 14.2 Å². The van der Waals surface area contributed by atoms with Gasteiger partial charge < -0.3 is 23.5 Å². The molecule has 1 heterocycles. The van der Waals surface area contributed by atoms with Crippen LogP contribution in [0.15, 0.2) is 97.1 Å². The van der Waals surface area contributed by atoms with Crippen LogP contribution in [0, 0.1) is 0 Å². The van der Waals surface area contributed by atoms with Crippen molar-refractivity contribution in [2.24, 2.45) is 0 Å². The molecule has 198 valence electrons. The monoisotopic (exact) mass is 521 g/mol. The Morgan fingerprint density at radius 2 is 1.46 bits per heavy atom. The number of carbonyl (C=O) groups excluding carboxylic acids is 1. The molecule has 0 unspecified atom stereocenters. The maximum atomic E-state index is 13.5. The molecule has 0 saturated carbocycles. The lowest BCUT2D eigenvalue weighted by Crippen LogP contribution is -2.14. The van der Waals surface area contributed by atoms with Crippen LogP contribution in [-0.4, -0.2) is 31.4 Å². The molecule has 0 saturated heterocycles. The van der Waals surface area contributed by atoms with Crippen LogP contribution in [0.1, 0.15) is 28.5 Å². The molecule has 5 rings (SSSR count). The number of carbonyl (C=O) groups is 1. The molecule has 0 fully saturated rings. The molecule has 0 radical (unpaired) electrons. The number of esters is 1. The van der Waals surface area contributed by atoms with E-state index in [-0.39, 0.29) is 12.6 Å². The Hall–Kier alpha value is -4.71. The summed E-state index contributed by atoms with van der Waals surface area (Å²) < 4.78 is 24.6. The van der Waals surface area contributed by atoms with Gasteiger partial charge in [-0.05, 0) is 66.1 Å². The molecule has 0 bridgehead atoms. The zero-order valence-corrected chi connectivity index (χ0v) is 22.3. The first-order valence-electron chi connectivity index (χ1n) is 12.9. The van der Waals surface area contributed by atoms with E-state index in [1.54, 1.807) is 14.2 Å². The Morgan fingerprint density at radius 3 is 2.18 bits per heavy atom. The first-order valence-corrected chi connectivity index (χ1v) is 12.9. The molecule has 6 heteroatoms. The molecule has 0 N–H and O–H groups in total. The molecule has 0 aliphatic rings. The number of ether oxygens (including phenoxy) is 4. The minimum atomic E-state index is -0.380. The van der Waals surface area contributed by atoms with Gasteiger partial charge in [0.2, 0.25) is 0 Å². The van der Waals surface area contributed by atoms with E-state index in [9.17, 15) is 4.79 Å². The first kappa shape index (κ1) is 25.9. The van der Waals surface area contributed by atoms with Crippen LogP contribution in [0.2, 0.25) is 0 Å². The Morgan fingerprint density at radius 1 is 0.744 bits per heavy atom. The van der Waals surface area contributed by atoms with Gasteiger partial charge in [-0.2, -0.15) is 0 Å². The van der Waals surface area contributed by atoms with Crippen LogP contribution >= 0.6 is 0 Å². The lowest BCUT2D eigenvalue weighted by Gasteiger charge is -2.13. The predicted molar refractivity (Wildman–Crippen MR) is 153 cm³/mol. The van der Waals surface area contributed by atoms with E-state index in [1.807, 2.05) is 109 Å². The smallest absolute Gasteiger partial charge is 0.355 e. The van der Waals surface area contributed by atoms with Gasteiger partial charge in [0.05, 0.1) is 20.8 Å².